The molecule has 4 aromatic rings. The molecule has 8 heteroatoms. The number of para-hydroxylation sites is 1. The Kier molecular flexibility index (Phi) is 6.49. The standard InChI is InChI=1S/C26H24N4O3S/c31-24-13-12-22(29-30(24)14-15-33-21-8-2-1-3-9-21)25(32)28-26-27-23(17-34-26)20-11-10-18-6-4-5-7-19(18)16-20/h1-3,8-13,16-17H,4-7,14-15H2,(H,27,28,32). The van der Waals surface area contributed by atoms with Gasteiger partial charge in [-0.1, -0.05) is 30.3 Å². The van der Waals surface area contributed by atoms with Gasteiger partial charge in [-0.25, -0.2) is 9.67 Å². The third-order valence-corrected chi connectivity index (χ3v) is 6.54. The number of fused-ring (bicyclic) bond motifs is 1. The van der Waals surface area contributed by atoms with Gasteiger partial charge < -0.3 is 4.74 Å². The molecule has 1 N–H and O–H groups in total. The molecule has 7 nitrogen and oxygen atoms in total. The van der Waals surface area contributed by atoms with Crippen LogP contribution in [0.5, 0.6) is 5.75 Å². The summed E-state index contributed by atoms with van der Waals surface area (Å²) in [6.45, 7) is 0.493. The van der Waals surface area contributed by atoms with Gasteiger partial charge in [-0.15, -0.1) is 11.3 Å². The third-order valence-electron chi connectivity index (χ3n) is 5.78. The molecule has 0 fully saturated rings. The van der Waals surface area contributed by atoms with Crippen molar-refractivity contribution >= 4 is 22.4 Å². The van der Waals surface area contributed by atoms with Crippen LogP contribution >= 0.6 is 11.3 Å². The quantitative estimate of drug-likeness (QED) is 0.426. The molecule has 0 atom stereocenters. The molecule has 1 aliphatic rings. The molecule has 2 aromatic carbocycles. The van der Waals surface area contributed by atoms with Crippen LogP contribution in [0.3, 0.4) is 0 Å². The summed E-state index contributed by atoms with van der Waals surface area (Å²) in [5.41, 5.74) is 4.56. The molecule has 34 heavy (non-hydrogen) atoms. The second-order valence-electron chi connectivity index (χ2n) is 8.12. The minimum absolute atomic E-state index is 0.143. The molecule has 0 saturated heterocycles. The predicted molar refractivity (Wildman–Crippen MR) is 133 cm³/mol. The van der Waals surface area contributed by atoms with E-state index in [2.05, 4.69) is 33.6 Å². The zero-order valence-electron chi connectivity index (χ0n) is 18.6. The van der Waals surface area contributed by atoms with Crippen molar-refractivity contribution < 1.29 is 9.53 Å². The van der Waals surface area contributed by atoms with Gasteiger partial charge in [0.05, 0.1) is 12.2 Å². The van der Waals surface area contributed by atoms with E-state index >= 15 is 0 Å². The maximum absolute atomic E-state index is 12.8. The Labute approximate surface area is 201 Å². The van der Waals surface area contributed by atoms with Crippen molar-refractivity contribution in [3.63, 3.8) is 0 Å². The van der Waals surface area contributed by atoms with E-state index in [-0.39, 0.29) is 24.4 Å². The lowest BCUT2D eigenvalue weighted by Crippen LogP contribution is -2.28. The molecule has 5 rings (SSSR count). The average Bonchev–Trinajstić information content (AvgIpc) is 3.34. The molecule has 2 heterocycles. The maximum atomic E-state index is 12.8. The first-order chi connectivity index (χ1) is 16.7. The van der Waals surface area contributed by atoms with Gasteiger partial charge in [0.2, 0.25) is 0 Å². The van der Waals surface area contributed by atoms with Crippen LogP contribution in [-0.2, 0) is 19.4 Å². The van der Waals surface area contributed by atoms with Crippen LogP contribution in [0.15, 0.2) is 70.8 Å². The fourth-order valence-corrected chi connectivity index (χ4v) is 4.73. The van der Waals surface area contributed by atoms with E-state index in [1.165, 1.54) is 52.1 Å². The van der Waals surface area contributed by atoms with E-state index in [0.717, 1.165) is 24.1 Å². The number of aryl methyl sites for hydroxylation is 2. The molecule has 0 radical (unpaired) electrons. The first kappa shape index (κ1) is 22.0. The van der Waals surface area contributed by atoms with Crippen LogP contribution in [0.25, 0.3) is 11.3 Å². The molecule has 0 saturated carbocycles. The molecule has 0 aliphatic heterocycles. The monoisotopic (exact) mass is 472 g/mol. The minimum Gasteiger partial charge on any atom is -0.492 e. The summed E-state index contributed by atoms with van der Waals surface area (Å²) < 4.78 is 6.87. The lowest BCUT2D eigenvalue weighted by atomic mass is 9.90. The molecule has 2 aromatic heterocycles. The summed E-state index contributed by atoms with van der Waals surface area (Å²) in [7, 11) is 0. The second kappa shape index (κ2) is 10.0. The van der Waals surface area contributed by atoms with Crippen LogP contribution in [0, 0.1) is 0 Å². The third kappa shape index (κ3) is 5.07. The summed E-state index contributed by atoms with van der Waals surface area (Å²) in [4.78, 5) is 29.5. The summed E-state index contributed by atoms with van der Waals surface area (Å²) >= 11 is 1.36. The van der Waals surface area contributed by atoms with E-state index < -0.39 is 5.91 Å². The first-order valence-electron chi connectivity index (χ1n) is 11.3. The second-order valence-corrected chi connectivity index (χ2v) is 8.98. The molecule has 0 unspecified atom stereocenters. The van der Waals surface area contributed by atoms with E-state index in [0.29, 0.717) is 10.9 Å². The van der Waals surface area contributed by atoms with Crippen molar-refractivity contribution in [2.75, 3.05) is 11.9 Å². The van der Waals surface area contributed by atoms with Crippen molar-refractivity contribution in [2.24, 2.45) is 0 Å². The molecule has 172 valence electrons. The fraction of sp³-hybridized carbons (Fsp3) is 0.231. The summed E-state index contributed by atoms with van der Waals surface area (Å²) in [5.74, 6) is 0.298. The molecule has 0 bridgehead atoms. The van der Waals surface area contributed by atoms with Crippen LogP contribution < -0.4 is 15.6 Å². The van der Waals surface area contributed by atoms with Gasteiger partial charge in [0, 0.05) is 17.0 Å². The Morgan fingerprint density at radius 2 is 1.85 bits per heavy atom. The van der Waals surface area contributed by atoms with Crippen molar-refractivity contribution in [1.29, 1.82) is 0 Å². The van der Waals surface area contributed by atoms with E-state index in [1.807, 2.05) is 35.7 Å². The normalized spacial score (nSPS) is 12.7. The highest BCUT2D eigenvalue weighted by atomic mass is 32.1. The van der Waals surface area contributed by atoms with Crippen molar-refractivity contribution in [3.8, 4) is 17.0 Å². The Hall–Kier alpha value is -3.78. The van der Waals surface area contributed by atoms with Gasteiger partial charge in [-0.05, 0) is 61.1 Å². The topological polar surface area (TPSA) is 86.1 Å². The number of amides is 1. The van der Waals surface area contributed by atoms with E-state index in [1.54, 1.807) is 0 Å². The Morgan fingerprint density at radius 1 is 1.03 bits per heavy atom. The number of benzene rings is 2. The molecule has 1 amide bonds. The lowest BCUT2D eigenvalue weighted by molar-refractivity contribution is 0.101. The number of rotatable bonds is 7. The van der Waals surface area contributed by atoms with Gasteiger partial charge in [0.1, 0.15) is 18.1 Å². The number of hydrogen-bond acceptors (Lipinski definition) is 6. The smallest absolute Gasteiger partial charge is 0.277 e. The first-order valence-corrected chi connectivity index (χ1v) is 12.2. The van der Waals surface area contributed by atoms with E-state index in [4.69, 9.17) is 4.74 Å². The number of aromatic nitrogens is 3. The van der Waals surface area contributed by atoms with Crippen molar-refractivity contribution in [1.82, 2.24) is 14.8 Å². The number of anilines is 1. The Morgan fingerprint density at radius 3 is 2.71 bits per heavy atom. The zero-order chi connectivity index (χ0) is 23.3. The summed E-state index contributed by atoms with van der Waals surface area (Å²) in [6.07, 6.45) is 4.72. The molecule has 1 aliphatic carbocycles. The highest BCUT2D eigenvalue weighted by Gasteiger charge is 2.15. The largest absolute Gasteiger partial charge is 0.492 e. The van der Waals surface area contributed by atoms with Crippen LogP contribution in [0.1, 0.15) is 34.5 Å². The van der Waals surface area contributed by atoms with Crippen molar-refractivity contribution in [2.45, 2.75) is 32.2 Å². The highest BCUT2D eigenvalue weighted by molar-refractivity contribution is 7.14. The SMILES string of the molecule is O=C(Nc1nc(-c2ccc3c(c2)CCCC3)cs1)c1ccc(=O)n(CCOc2ccccc2)n1. The molecular formula is C26H24N4O3S. The Balaban J connectivity index is 1.24. The number of nitrogens with zero attached hydrogens (tertiary/aromatic N) is 3. The number of carbonyl (C=O) groups is 1. The summed E-state index contributed by atoms with van der Waals surface area (Å²) in [6, 6.07) is 18.6. The number of carbonyl (C=O) groups excluding carboxylic acids is 1. The van der Waals surface area contributed by atoms with Crippen molar-refractivity contribution in [3.05, 3.63) is 93.2 Å². The average molecular weight is 473 g/mol. The molecule has 0 spiro atoms. The minimum atomic E-state index is -0.413. The lowest BCUT2D eigenvalue weighted by Gasteiger charge is -2.16. The van der Waals surface area contributed by atoms with E-state index in [9.17, 15) is 9.59 Å². The Bertz CT molecular complexity index is 1360. The summed E-state index contributed by atoms with van der Waals surface area (Å²) in [5, 5.41) is 9.43. The van der Waals surface area contributed by atoms with Gasteiger partial charge in [0.25, 0.3) is 11.5 Å². The number of ether oxygens (including phenoxy) is 1. The van der Waals surface area contributed by atoms with Gasteiger partial charge in [-0.3, -0.25) is 14.9 Å². The number of nitrogens with one attached hydrogen (secondary N) is 1. The number of hydrogen-bond donors (Lipinski definition) is 1. The zero-order valence-corrected chi connectivity index (χ0v) is 19.4. The maximum Gasteiger partial charge on any atom is 0.277 e. The van der Waals surface area contributed by atoms with Crippen LogP contribution in [-0.4, -0.2) is 27.3 Å². The highest BCUT2D eigenvalue weighted by Crippen LogP contribution is 2.29. The predicted octanol–water partition coefficient (Wildman–Crippen LogP) is 4.58. The van der Waals surface area contributed by atoms with Gasteiger partial charge >= 0.3 is 0 Å². The van der Waals surface area contributed by atoms with Crippen LogP contribution in [0.2, 0.25) is 0 Å². The number of thiazole rings is 1. The fourth-order valence-electron chi connectivity index (χ4n) is 4.01. The van der Waals surface area contributed by atoms with Gasteiger partial charge in [0.15, 0.2) is 5.13 Å². The van der Waals surface area contributed by atoms with Gasteiger partial charge in [-0.2, -0.15) is 5.10 Å². The molecular weight excluding hydrogens is 448 g/mol. The van der Waals surface area contributed by atoms with Crippen LogP contribution in [0.4, 0.5) is 5.13 Å².